The molecule has 10 heterocycles. The fourth-order valence-electron chi connectivity index (χ4n) is 14.2. The molecule has 1 aliphatic rings. The lowest BCUT2D eigenvalue weighted by atomic mass is 9.85. The number of rotatable bonds is 0. The Morgan fingerprint density at radius 1 is 0.314 bits per heavy atom. The van der Waals surface area contributed by atoms with Gasteiger partial charge in [0.1, 0.15) is 11.3 Å². The number of piperazine rings is 1. The number of pyridine rings is 2. The second-order valence-corrected chi connectivity index (χ2v) is 57.9. The van der Waals surface area contributed by atoms with Crippen molar-refractivity contribution in [3.63, 3.8) is 0 Å². The summed E-state index contributed by atoms with van der Waals surface area (Å²) in [4.78, 5) is 27.2. The van der Waals surface area contributed by atoms with Crippen LogP contribution in [-0.4, -0.2) is 117 Å². The summed E-state index contributed by atoms with van der Waals surface area (Å²) in [6.45, 7) is 126. The highest BCUT2D eigenvalue weighted by atomic mass is 32.1. The largest absolute Gasteiger partial charge is 0.342 e. The van der Waals surface area contributed by atoms with Gasteiger partial charge in [-0.3, -0.25) is 39.7 Å². The topological polar surface area (TPSA) is 180 Å². The first-order valence-corrected chi connectivity index (χ1v) is 51.3. The zero-order valence-corrected chi connectivity index (χ0v) is 98.6. The van der Waals surface area contributed by atoms with Crippen LogP contribution in [-0.2, 0) is 81.5 Å². The molecule has 9 aromatic heterocycles. The Hall–Kier alpha value is -8.25. The molecule has 16 nitrogen and oxygen atoms in total. The molecule has 0 saturated carbocycles. The number of hydrogen-bond acceptors (Lipinski definition) is 12. The smallest absolute Gasteiger partial charge is 0.133 e. The van der Waals surface area contributed by atoms with Crippen LogP contribution >= 0.6 is 11.3 Å². The maximum Gasteiger partial charge on any atom is 0.133 e. The number of H-pyrrole nitrogens is 3. The zero-order valence-electron chi connectivity index (χ0n) is 97.8. The van der Waals surface area contributed by atoms with Crippen LogP contribution < -0.4 is 0 Å². The molecule has 13 rings (SSSR count). The Bertz CT molecular complexity index is 5320. The van der Waals surface area contributed by atoms with E-state index in [-0.39, 0.29) is 81.5 Å². The van der Waals surface area contributed by atoms with Crippen LogP contribution in [0.5, 0.6) is 0 Å². The molecule has 12 aromatic rings. The van der Waals surface area contributed by atoms with Crippen molar-refractivity contribution in [1.29, 1.82) is 0 Å². The summed E-state index contributed by atoms with van der Waals surface area (Å²) in [7, 11) is 0. The summed E-state index contributed by atoms with van der Waals surface area (Å²) in [5.74, 6) is 0.898. The van der Waals surface area contributed by atoms with Crippen LogP contribution in [0.15, 0.2) is 134 Å². The van der Waals surface area contributed by atoms with Gasteiger partial charge in [0, 0.05) is 162 Å². The molecule has 1 aliphatic heterocycles. The van der Waals surface area contributed by atoms with E-state index >= 15 is 0 Å². The van der Waals surface area contributed by atoms with Crippen molar-refractivity contribution in [1.82, 2.24) is 79.7 Å². The molecule has 137 heavy (non-hydrogen) atoms. The molecule has 0 atom stereocenters. The fourth-order valence-corrected chi connectivity index (χ4v) is 15.2. The minimum atomic E-state index is 0.0177. The Kier molecular flexibility index (Phi) is 39.7. The third kappa shape index (κ3) is 38.9. The predicted octanol–water partition coefficient (Wildman–Crippen LogP) is 32.9. The summed E-state index contributed by atoms with van der Waals surface area (Å²) < 4.78 is 5.66. The van der Waals surface area contributed by atoms with Gasteiger partial charge in [0.15, 0.2) is 0 Å². The molecule has 0 unspecified atom stereocenters. The molecule has 3 aromatic carbocycles. The van der Waals surface area contributed by atoms with Gasteiger partial charge >= 0.3 is 0 Å². The van der Waals surface area contributed by atoms with Gasteiger partial charge in [0.05, 0.1) is 43.9 Å². The highest BCUT2D eigenvalue weighted by Gasteiger charge is 2.33. The second-order valence-electron chi connectivity index (χ2n) is 56.9. The summed E-state index contributed by atoms with van der Waals surface area (Å²) in [5, 5.41) is 32.1. The predicted molar refractivity (Wildman–Crippen MR) is 599 cm³/mol. The van der Waals surface area contributed by atoms with Crippen molar-refractivity contribution in [2.24, 2.45) is 5.41 Å². The summed E-state index contributed by atoms with van der Waals surface area (Å²) in [6.07, 6.45) is 13.7. The molecule has 0 spiro atoms. The number of aromatic nitrogens is 14. The van der Waals surface area contributed by atoms with Crippen LogP contribution in [0, 0.1) is 5.41 Å². The van der Waals surface area contributed by atoms with Crippen molar-refractivity contribution < 1.29 is 0 Å². The Labute approximate surface area is 840 Å². The van der Waals surface area contributed by atoms with Crippen molar-refractivity contribution in [2.45, 2.75) is 473 Å². The van der Waals surface area contributed by atoms with Gasteiger partial charge in [-0.1, -0.05) is 328 Å². The first-order valence-electron chi connectivity index (χ1n) is 50.5. The lowest BCUT2D eigenvalue weighted by Gasteiger charge is -2.46. The third-order valence-corrected chi connectivity index (χ3v) is 24.8. The Morgan fingerprint density at radius 3 is 1.12 bits per heavy atom. The monoisotopic (exact) mass is 1900 g/mol. The van der Waals surface area contributed by atoms with E-state index in [2.05, 4.69) is 548 Å². The first kappa shape index (κ1) is 121. The number of benzene rings is 3. The summed E-state index contributed by atoms with van der Waals surface area (Å²) in [5.41, 5.74) is 21.4. The standard InChI is InChI=1S/C16H23N.C15H22N2.C15H21NS.C14H21N3.C13H21N.C12H26N2.2C11H20N2.C8H12N2.C5H12/c1-15(2,3)13-7-8-14-12(11-13)9-10-17(14)16(4,5)6;1-14(2,3)10-7-8-11-12(9-10)16-17-13(11)15(4,5)6;1-14(2,3)10-7-8-12-11(9-10)16-13(17-12)15(4,5)6;1-13(2,3)11-9-7-8-15-12(14(4,5)6)10(9)16-17-11;1-12(2,3)10-7-8-11(14-9-10)13(4,5)6;1-11(2,3)13-7-9-14(10-8-13)12(4,5)6;1-10(2,3)9-7-12-13(8-9)11(4,5)6;1-10(2,3)8-7-9(13-12-8)11(4,5)6;1-8(2,3)7-9-5-4-6-10-7;1-5(2,3)4/h7-11H,1-6H3;7-9H,1-6H3,(H,16,17);7-9H,1-6H3;7-8H,1-6H3,(H,16,17);7-9H,1-6H3;7-10H2,1-6H3;7-8H,1-6H3;7H,1-6H3,(H,12,13);4-6H,1-3H3;1-4H3. The van der Waals surface area contributed by atoms with Crippen LogP contribution in [0.4, 0.5) is 0 Å². The van der Waals surface area contributed by atoms with Crippen molar-refractivity contribution in [3.05, 3.63) is 207 Å². The Balaban J connectivity index is 0.000000321. The van der Waals surface area contributed by atoms with E-state index in [0.717, 1.165) is 39.5 Å². The zero-order chi connectivity index (χ0) is 106. The van der Waals surface area contributed by atoms with Gasteiger partial charge in [0.25, 0.3) is 0 Å². The molecule has 0 radical (unpaired) electrons. The lowest BCUT2D eigenvalue weighted by Crippen LogP contribution is -2.57. The van der Waals surface area contributed by atoms with Gasteiger partial charge in [-0.25, -0.2) is 15.0 Å². The van der Waals surface area contributed by atoms with Gasteiger partial charge in [-0.15, -0.1) is 11.3 Å². The minimum absolute atomic E-state index is 0.0177. The number of aromatic amines is 3. The first-order chi connectivity index (χ1) is 61.2. The van der Waals surface area contributed by atoms with Crippen LogP contribution in [0.1, 0.15) is 454 Å². The van der Waals surface area contributed by atoms with Crippen LogP contribution in [0.2, 0.25) is 0 Å². The SMILES string of the molecule is CC(C)(C)C.CC(C)(C)N1CCN(C(C)(C)C)CC1.CC(C)(C)c1[nH]nc2c(C(C)(C)C)nccc12.CC(C)(C)c1cc(C(C)(C)C)[nH]n1.CC(C)(C)c1ccc(C(C)(C)C)nc1.CC(C)(C)c1ccc2c(C(C)(C)C)[nH]nc2c1.CC(C)(C)c1ccc2c(ccn2C(C)(C)C)c1.CC(C)(C)c1ccc2sc(C(C)(C)C)nc2c1.CC(C)(C)c1cnn(C(C)(C)C)c1.CC(C)(C)c1ncccn1. The fraction of sp³-hybridized carbons (Fsp3) is 0.642. The van der Waals surface area contributed by atoms with E-state index in [1.54, 1.807) is 12.4 Å². The second kappa shape index (κ2) is 44.9. The average Bonchev–Trinajstić information content (AvgIpc) is 1.62. The van der Waals surface area contributed by atoms with E-state index < -0.39 is 0 Å². The van der Waals surface area contributed by atoms with Gasteiger partial charge < -0.3 is 4.57 Å². The number of hydrogen-bond donors (Lipinski definition) is 3. The normalized spacial score (nSPS) is 14.1. The molecule has 0 amide bonds. The summed E-state index contributed by atoms with van der Waals surface area (Å²) >= 11 is 1.81. The molecule has 1 fully saturated rings. The average molecular weight is 1900 g/mol. The van der Waals surface area contributed by atoms with E-state index in [0.29, 0.717) is 16.5 Å². The van der Waals surface area contributed by atoms with E-state index in [9.17, 15) is 0 Å². The maximum atomic E-state index is 4.78. The quantitative estimate of drug-likeness (QED) is 0.132. The van der Waals surface area contributed by atoms with E-state index in [4.69, 9.17) is 4.98 Å². The number of nitrogens with zero attached hydrogens (tertiary/aromatic N) is 13. The minimum Gasteiger partial charge on any atom is -0.342 e. The third-order valence-electron chi connectivity index (χ3n) is 23.4. The molecule has 17 heteroatoms. The van der Waals surface area contributed by atoms with Crippen molar-refractivity contribution in [3.8, 4) is 0 Å². The molecular weight excluding hydrogens is 1700 g/mol. The van der Waals surface area contributed by atoms with Crippen LogP contribution in [0.25, 0.3) is 42.9 Å². The molecule has 3 N–H and O–H groups in total. The van der Waals surface area contributed by atoms with Gasteiger partial charge in [0.2, 0.25) is 0 Å². The molecule has 0 bridgehead atoms. The molecule has 764 valence electrons. The van der Waals surface area contributed by atoms with Crippen molar-refractivity contribution >= 4 is 54.3 Å². The number of thiazole rings is 1. The molecule has 1 saturated heterocycles. The number of nitrogens with one attached hydrogen (secondary N) is 3. The molecule has 0 aliphatic carbocycles. The number of fused-ring (bicyclic) bond motifs is 4. The van der Waals surface area contributed by atoms with Gasteiger partial charge in [-0.2, -0.15) is 20.4 Å². The lowest BCUT2D eigenvalue weighted by molar-refractivity contribution is 0.0211. The highest BCUT2D eigenvalue weighted by Crippen LogP contribution is 2.39. The maximum absolute atomic E-state index is 4.78. The van der Waals surface area contributed by atoms with Crippen molar-refractivity contribution in [2.75, 3.05) is 26.2 Å². The molecular formula is C120H198N16S. The van der Waals surface area contributed by atoms with Crippen LogP contribution in [0.3, 0.4) is 0 Å². The van der Waals surface area contributed by atoms with E-state index in [1.165, 1.54) is 102 Å². The Morgan fingerprint density at radius 2 is 0.752 bits per heavy atom. The highest BCUT2D eigenvalue weighted by molar-refractivity contribution is 7.18. The summed E-state index contributed by atoms with van der Waals surface area (Å²) in [6, 6.07) is 32.7. The van der Waals surface area contributed by atoms with E-state index in [1.807, 2.05) is 40.7 Å². The van der Waals surface area contributed by atoms with Gasteiger partial charge in [-0.05, 0) is 209 Å².